The van der Waals surface area contributed by atoms with Crippen molar-refractivity contribution in [1.29, 1.82) is 0 Å². The fraction of sp³-hybridized carbons (Fsp3) is 0.105. The second kappa shape index (κ2) is 7.10. The molecule has 0 aliphatic heterocycles. The lowest BCUT2D eigenvalue weighted by atomic mass is 10.0. The lowest BCUT2D eigenvalue weighted by molar-refractivity contribution is 0.0549. The first kappa shape index (κ1) is 17.2. The fourth-order valence-electron chi connectivity index (χ4n) is 2.62. The maximum atomic E-state index is 12.4. The monoisotopic (exact) mass is 352 g/mol. The van der Waals surface area contributed by atoms with E-state index in [1.807, 2.05) is 6.07 Å². The molecule has 0 radical (unpaired) electrons. The molecule has 1 heterocycles. The first-order valence-corrected chi connectivity index (χ1v) is 7.72. The zero-order valence-corrected chi connectivity index (χ0v) is 14.2. The Bertz CT molecular complexity index is 963. The predicted octanol–water partition coefficient (Wildman–Crippen LogP) is 2.82. The van der Waals surface area contributed by atoms with Crippen LogP contribution in [0.25, 0.3) is 16.9 Å². The number of methoxy groups -OCH3 is 2. The smallest absolute Gasteiger partial charge is 0.357 e. The molecule has 26 heavy (non-hydrogen) atoms. The summed E-state index contributed by atoms with van der Waals surface area (Å²) >= 11 is 0. The average Bonchev–Trinajstić information content (AvgIpc) is 3.08. The van der Waals surface area contributed by atoms with Crippen molar-refractivity contribution in [3.05, 3.63) is 65.9 Å². The van der Waals surface area contributed by atoms with Gasteiger partial charge in [0.15, 0.2) is 5.69 Å². The van der Waals surface area contributed by atoms with Gasteiger partial charge in [-0.05, 0) is 24.3 Å². The van der Waals surface area contributed by atoms with E-state index < -0.39 is 11.9 Å². The van der Waals surface area contributed by atoms with Crippen molar-refractivity contribution in [2.45, 2.75) is 0 Å². The number of phenolic OH excluding ortho intramolecular Hbond substituents is 1. The van der Waals surface area contributed by atoms with Crippen molar-refractivity contribution in [2.24, 2.45) is 0 Å². The Labute approximate surface area is 149 Å². The van der Waals surface area contributed by atoms with E-state index in [-0.39, 0.29) is 22.7 Å². The lowest BCUT2D eigenvalue weighted by Gasteiger charge is -2.07. The van der Waals surface area contributed by atoms with Crippen LogP contribution in [0.5, 0.6) is 5.75 Å². The van der Waals surface area contributed by atoms with E-state index in [0.29, 0.717) is 11.3 Å². The number of carbonyl (C=O) groups is 2. The van der Waals surface area contributed by atoms with Crippen molar-refractivity contribution >= 4 is 11.9 Å². The first-order valence-electron chi connectivity index (χ1n) is 7.72. The molecule has 7 heteroatoms. The summed E-state index contributed by atoms with van der Waals surface area (Å²) in [4.78, 5) is 24.9. The van der Waals surface area contributed by atoms with E-state index in [4.69, 9.17) is 9.47 Å². The van der Waals surface area contributed by atoms with Crippen LogP contribution in [0.2, 0.25) is 0 Å². The van der Waals surface area contributed by atoms with Crippen molar-refractivity contribution in [3.63, 3.8) is 0 Å². The van der Waals surface area contributed by atoms with Gasteiger partial charge in [-0.3, -0.25) is 0 Å². The Morgan fingerprint density at radius 2 is 1.54 bits per heavy atom. The number of nitrogens with zero attached hydrogens (tertiary/aromatic N) is 2. The van der Waals surface area contributed by atoms with E-state index in [0.717, 1.165) is 0 Å². The maximum Gasteiger partial charge on any atom is 0.357 e. The minimum atomic E-state index is -0.758. The van der Waals surface area contributed by atoms with Crippen LogP contribution in [-0.2, 0) is 9.47 Å². The lowest BCUT2D eigenvalue weighted by Crippen LogP contribution is -2.15. The summed E-state index contributed by atoms with van der Waals surface area (Å²) < 4.78 is 11.0. The van der Waals surface area contributed by atoms with Crippen LogP contribution < -0.4 is 0 Å². The summed E-state index contributed by atoms with van der Waals surface area (Å²) in [7, 11) is 2.42. The molecule has 0 fully saturated rings. The molecule has 0 aliphatic carbocycles. The highest BCUT2D eigenvalue weighted by Gasteiger charge is 2.32. The van der Waals surface area contributed by atoms with Gasteiger partial charge in [-0.2, -0.15) is 5.10 Å². The van der Waals surface area contributed by atoms with E-state index in [2.05, 4.69) is 5.10 Å². The molecule has 1 aromatic heterocycles. The zero-order chi connectivity index (χ0) is 18.7. The Hall–Kier alpha value is -3.61. The van der Waals surface area contributed by atoms with E-state index in [9.17, 15) is 14.7 Å². The Balaban J connectivity index is 2.38. The molecule has 0 spiro atoms. The van der Waals surface area contributed by atoms with E-state index in [1.165, 1.54) is 25.0 Å². The van der Waals surface area contributed by atoms with Gasteiger partial charge in [-0.1, -0.05) is 30.3 Å². The highest BCUT2D eigenvalue weighted by Crippen LogP contribution is 2.34. The molecule has 0 saturated carbocycles. The summed E-state index contributed by atoms with van der Waals surface area (Å²) in [5, 5.41) is 14.6. The number of esters is 2. The molecule has 3 aromatic rings. The van der Waals surface area contributed by atoms with Gasteiger partial charge in [0, 0.05) is 5.56 Å². The minimum Gasteiger partial charge on any atom is -0.507 e. The van der Waals surface area contributed by atoms with Crippen molar-refractivity contribution in [2.75, 3.05) is 14.2 Å². The number of ether oxygens (including phenoxy) is 2. The van der Waals surface area contributed by atoms with Gasteiger partial charge in [0.1, 0.15) is 17.0 Å². The summed E-state index contributed by atoms with van der Waals surface area (Å²) in [6.07, 6.45) is 0. The summed E-state index contributed by atoms with van der Waals surface area (Å²) in [5.74, 6) is -1.58. The molecule has 0 atom stereocenters. The molecule has 0 aliphatic rings. The highest BCUT2D eigenvalue weighted by atomic mass is 16.5. The SMILES string of the molecule is COC(=O)c1c(-c2ccccc2O)nn(-c2ccccc2)c1C(=O)OC. The third kappa shape index (κ3) is 2.90. The Morgan fingerprint density at radius 3 is 2.15 bits per heavy atom. The molecule has 3 rings (SSSR count). The number of rotatable bonds is 4. The maximum absolute atomic E-state index is 12.4. The molecular weight excluding hydrogens is 336 g/mol. The zero-order valence-electron chi connectivity index (χ0n) is 14.2. The van der Waals surface area contributed by atoms with Gasteiger partial charge in [0.05, 0.1) is 19.9 Å². The van der Waals surface area contributed by atoms with Crippen LogP contribution in [0.4, 0.5) is 0 Å². The topological polar surface area (TPSA) is 90.6 Å². The second-order valence-electron chi connectivity index (χ2n) is 5.32. The molecule has 0 saturated heterocycles. The summed E-state index contributed by atoms with van der Waals surface area (Å²) in [6, 6.07) is 15.2. The standard InChI is InChI=1S/C19H16N2O5/c1-25-18(23)15-16(13-10-6-7-11-14(13)22)20-21(17(15)19(24)26-2)12-8-4-3-5-9-12/h3-11,22H,1-2H3. The number of benzene rings is 2. The number of hydrogen-bond donors (Lipinski definition) is 1. The van der Waals surface area contributed by atoms with Gasteiger partial charge in [0.2, 0.25) is 0 Å². The molecule has 1 N–H and O–H groups in total. The Kier molecular flexibility index (Phi) is 4.70. The number of hydrogen-bond acceptors (Lipinski definition) is 6. The van der Waals surface area contributed by atoms with Crippen LogP contribution in [0.3, 0.4) is 0 Å². The molecule has 0 amide bonds. The molecule has 0 unspecified atom stereocenters. The van der Waals surface area contributed by atoms with Crippen molar-refractivity contribution in [1.82, 2.24) is 9.78 Å². The third-order valence-corrected chi connectivity index (χ3v) is 3.81. The number of para-hydroxylation sites is 2. The quantitative estimate of drug-likeness (QED) is 0.726. The fourth-order valence-corrected chi connectivity index (χ4v) is 2.62. The predicted molar refractivity (Wildman–Crippen MR) is 93.3 cm³/mol. The van der Waals surface area contributed by atoms with Crippen LogP contribution in [0.1, 0.15) is 20.8 Å². The molecule has 0 bridgehead atoms. The molecular formula is C19H16N2O5. The second-order valence-corrected chi connectivity index (χ2v) is 5.32. The van der Waals surface area contributed by atoms with Gasteiger partial charge < -0.3 is 14.6 Å². The van der Waals surface area contributed by atoms with Gasteiger partial charge >= 0.3 is 11.9 Å². The van der Waals surface area contributed by atoms with Crippen LogP contribution >= 0.6 is 0 Å². The van der Waals surface area contributed by atoms with E-state index in [1.54, 1.807) is 42.5 Å². The number of carbonyl (C=O) groups excluding carboxylic acids is 2. The highest BCUT2D eigenvalue weighted by molar-refractivity contribution is 6.07. The molecule has 132 valence electrons. The number of phenols is 1. The van der Waals surface area contributed by atoms with E-state index >= 15 is 0 Å². The normalized spacial score (nSPS) is 10.4. The minimum absolute atomic E-state index is 0.0771. The van der Waals surface area contributed by atoms with Crippen molar-refractivity contribution < 1.29 is 24.2 Å². The number of aromatic nitrogens is 2. The van der Waals surface area contributed by atoms with Gasteiger partial charge in [0.25, 0.3) is 0 Å². The van der Waals surface area contributed by atoms with Gasteiger partial charge in [-0.15, -0.1) is 0 Å². The van der Waals surface area contributed by atoms with Crippen LogP contribution in [-0.4, -0.2) is 41.0 Å². The third-order valence-electron chi connectivity index (χ3n) is 3.81. The summed E-state index contributed by atoms with van der Waals surface area (Å²) in [6.45, 7) is 0. The summed E-state index contributed by atoms with van der Waals surface area (Å²) in [5.41, 5.74) is 0.820. The van der Waals surface area contributed by atoms with Crippen LogP contribution in [0.15, 0.2) is 54.6 Å². The van der Waals surface area contributed by atoms with Crippen molar-refractivity contribution in [3.8, 4) is 22.7 Å². The first-order chi connectivity index (χ1) is 12.6. The Morgan fingerprint density at radius 1 is 0.923 bits per heavy atom. The molecule has 7 nitrogen and oxygen atoms in total. The number of aromatic hydroxyl groups is 1. The van der Waals surface area contributed by atoms with Gasteiger partial charge in [-0.25, -0.2) is 14.3 Å². The largest absolute Gasteiger partial charge is 0.507 e. The average molecular weight is 352 g/mol. The molecule has 2 aromatic carbocycles. The van der Waals surface area contributed by atoms with Crippen LogP contribution in [0, 0.1) is 0 Å².